The van der Waals surface area contributed by atoms with E-state index in [1.165, 1.54) is 11.8 Å². The summed E-state index contributed by atoms with van der Waals surface area (Å²) in [6, 6.07) is 18.5. The Hall–Kier alpha value is -3.19. The molecule has 27 heavy (non-hydrogen) atoms. The second kappa shape index (κ2) is 10.1. The van der Waals surface area contributed by atoms with Crippen LogP contribution in [0.3, 0.4) is 0 Å². The van der Waals surface area contributed by atoms with Crippen molar-refractivity contribution >= 4 is 17.8 Å². The molecule has 2 rings (SSSR count). The Morgan fingerprint density at radius 3 is 2.04 bits per heavy atom. The minimum atomic E-state index is -1.09. The number of carboxylic acid groups (broad SMARTS) is 1. The molecule has 0 saturated carbocycles. The predicted molar refractivity (Wildman–Crippen MR) is 100 cm³/mol. The van der Waals surface area contributed by atoms with Crippen LogP contribution in [-0.2, 0) is 27.5 Å². The minimum Gasteiger partial charge on any atom is -0.480 e. The fourth-order valence-electron chi connectivity index (χ4n) is 2.63. The molecular weight excluding hydrogens is 346 g/mol. The fourth-order valence-corrected chi connectivity index (χ4v) is 2.63. The van der Waals surface area contributed by atoms with Crippen molar-refractivity contribution in [2.45, 2.75) is 26.2 Å². The molecule has 0 aliphatic rings. The van der Waals surface area contributed by atoms with Gasteiger partial charge in [0.15, 0.2) is 6.17 Å². The maximum Gasteiger partial charge on any atom is 0.317 e. The summed E-state index contributed by atoms with van der Waals surface area (Å²) < 4.78 is 0. The quantitative estimate of drug-likeness (QED) is 0.580. The highest BCUT2D eigenvalue weighted by atomic mass is 16.4. The number of nitrogens with zero attached hydrogens (tertiary/aromatic N) is 1. The number of nitrogens with one attached hydrogen (secondary N) is 2. The summed E-state index contributed by atoms with van der Waals surface area (Å²) in [7, 11) is 0. The van der Waals surface area contributed by atoms with Gasteiger partial charge in [0.2, 0.25) is 5.91 Å². The molecule has 3 N–H and O–H groups in total. The average Bonchev–Trinajstić information content (AvgIpc) is 2.65. The second-order valence-electron chi connectivity index (χ2n) is 6.09. The zero-order valence-electron chi connectivity index (χ0n) is 15.1. The third-order valence-electron chi connectivity index (χ3n) is 3.83. The molecule has 1 unspecified atom stereocenters. The number of carbonyl (C=O) groups is 3. The van der Waals surface area contributed by atoms with E-state index in [1.807, 2.05) is 60.7 Å². The number of carboxylic acids is 1. The first-order valence-electron chi connectivity index (χ1n) is 8.54. The molecule has 7 heteroatoms. The highest BCUT2D eigenvalue weighted by molar-refractivity contribution is 5.87. The first-order valence-corrected chi connectivity index (χ1v) is 8.54. The first kappa shape index (κ1) is 20.1. The summed E-state index contributed by atoms with van der Waals surface area (Å²) in [5.41, 5.74) is 1.74. The molecule has 0 spiro atoms. The summed E-state index contributed by atoms with van der Waals surface area (Å²) in [5, 5.41) is 14.6. The van der Waals surface area contributed by atoms with E-state index < -0.39 is 30.5 Å². The molecule has 2 aromatic rings. The molecule has 2 aromatic carbocycles. The van der Waals surface area contributed by atoms with Crippen LogP contribution >= 0.6 is 0 Å². The second-order valence-corrected chi connectivity index (χ2v) is 6.09. The van der Waals surface area contributed by atoms with Gasteiger partial charge < -0.3 is 15.7 Å². The van der Waals surface area contributed by atoms with Crippen LogP contribution in [0.4, 0.5) is 0 Å². The maximum absolute atomic E-state index is 12.7. The minimum absolute atomic E-state index is 0.205. The van der Waals surface area contributed by atoms with E-state index in [1.54, 1.807) is 0 Å². The number of amides is 2. The lowest BCUT2D eigenvalue weighted by atomic mass is 10.2. The van der Waals surface area contributed by atoms with Crippen molar-refractivity contribution in [3.05, 3.63) is 71.8 Å². The lowest BCUT2D eigenvalue weighted by Gasteiger charge is -2.29. The van der Waals surface area contributed by atoms with Gasteiger partial charge in [-0.3, -0.25) is 19.3 Å². The topological polar surface area (TPSA) is 98.7 Å². The Morgan fingerprint density at radius 1 is 0.963 bits per heavy atom. The van der Waals surface area contributed by atoms with Crippen LogP contribution in [0.2, 0.25) is 0 Å². The van der Waals surface area contributed by atoms with Crippen molar-refractivity contribution in [1.29, 1.82) is 0 Å². The Bertz CT molecular complexity index is 765. The maximum atomic E-state index is 12.7. The van der Waals surface area contributed by atoms with Crippen LogP contribution in [-0.4, -0.2) is 40.5 Å². The van der Waals surface area contributed by atoms with Crippen molar-refractivity contribution in [2.75, 3.05) is 6.54 Å². The normalized spacial score (nSPS) is 11.6. The van der Waals surface area contributed by atoms with Gasteiger partial charge in [-0.25, -0.2) is 0 Å². The van der Waals surface area contributed by atoms with Gasteiger partial charge in [0.05, 0.1) is 6.54 Å². The van der Waals surface area contributed by atoms with Gasteiger partial charge in [0, 0.05) is 20.0 Å². The summed E-state index contributed by atoms with van der Waals surface area (Å²) in [6.45, 7) is 1.39. The third kappa shape index (κ3) is 6.91. The highest BCUT2D eigenvalue weighted by Crippen LogP contribution is 2.08. The van der Waals surface area contributed by atoms with Crippen LogP contribution in [0.5, 0.6) is 0 Å². The molecule has 0 bridgehead atoms. The molecule has 0 aromatic heterocycles. The van der Waals surface area contributed by atoms with Crippen LogP contribution < -0.4 is 10.6 Å². The standard InChI is InChI=1S/C20H23N3O4/c1-15(24)22-19(20(27)21-12-16-8-4-2-5-9-16)23(14-18(25)26)13-17-10-6-3-7-11-17/h2-11,19H,12-14H2,1H3,(H,21,27)(H,22,24)(H,25,26). The number of hydrogen-bond donors (Lipinski definition) is 3. The lowest BCUT2D eigenvalue weighted by molar-refractivity contribution is -0.142. The summed E-state index contributed by atoms with van der Waals surface area (Å²) >= 11 is 0. The zero-order valence-corrected chi connectivity index (χ0v) is 15.1. The van der Waals surface area contributed by atoms with Gasteiger partial charge in [-0.05, 0) is 11.1 Å². The first-order chi connectivity index (χ1) is 13.0. The van der Waals surface area contributed by atoms with Crippen molar-refractivity contribution in [1.82, 2.24) is 15.5 Å². The molecule has 1 atom stereocenters. The molecule has 2 amide bonds. The highest BCUT2D eigenvalue weighted by Gasteiger charge is 2.28. The van der Waals surface area contributed by atoms with Crippen molar-refractivity contribution in [2.24, 2.45) is 0 Å². The Labute approximate surface area is 158 Å². The molecule has 0 heterocycles. The Balaban J connectivity index is 2.16. The van der Waals surface area contributed by atoms with Crippen LogP contribution in [0.15, 0.2) is 60.7 Å². The van der Waals surface area contributed by atoms with Crippen molar-refractivity contribution < 1.29 is 19.5 Å². The molecule has 0 radical (unpaired) electrons. The lowest BCUT2D eigenvalue weighted by Crippen LogP contribution is -2.57. The predicted octanol–water partition coefficient (Wildman–Crippen LogP) is 1.35. The fraction of sp³-hybridized carbons (Fsp3) is 0.250. The molecule has 0 aliphatic carbocycles. The van der Waals surface area contributed by atoms with E-state index >= 15 is 0 Å². The number of benzene rings is 2. The van der Waals surface area contributed by atoms with Crippen LogP contribution in [0.1, 0.15) is 18.1 Å². The van der Waals surface area contributed by atoms with Gasteiger partial charge in [0.1, 0.15) is 0 Å². The van der Waals surface area contributed by atoms with Crippen molar-refractivity contribution in [3.63, 3.8) is 0 Å². The van der Waals surface area contributed by atoms with Crippen LogP contribution in [0, 0.1) is 0 Å². The SMILES string of the molecule is CC(=O)NC(C(=O)NCc1ccccc1)N(CC(=O)O)Cc1ccccc1. The summed E-state index contributed by atoms with van der Waals surface area (Å²) in [6.07, 6.45) is -1.09. The van der Waals surface area contributed by atoms with Gasteiger partial charge in [-0.15, -0.1) is 0 Å². The van der Waals surface area contributed by atoms with E-state index in [2.05, 4.69) is 10.6 Å². The van der Waals surface area contributed by atoms with Gasteiger partial charge in [-0.1, -0.05) is 60.7 Å². The van der Waals surface area contributed by atoms with Gasteiger partial charge in [-0.2, -0.15) is 0 Å². The zero-order chi connectivity index (χ0) is 19.6. The molecule has 7 nitrogen and oxygen atoms in total. The molecular formula is C20H23N3O4. The van der Waals surface area contributed by atoms with E-state index in [4.69, 9.17) is 0 Å². The molecule has 0 saturated heterocycles. The molecule has 0 fully saturated rings. The smallest absolute Gasteiger partial charge is 0.317 e. The Morgan fingerprint density at radius 2 is 1.52 bits per heavy atom. The van der Waals surface area contributed by atoms with Gasteiger partial charge in [0.25, 0.3) is 5.91 Å². The van der Waals surface area contributed by atoms with Gasteiger partial charge >= 0.3 is 5.97 Å². The van der Waals surface area contributed by atoms with E-state index in [0.717, 1.165) is 11.1 Å². The third-order valence-corrected chi connectivity index (χ3v) is 3.83. The van der Waals surface area contributed by atoms with E-state index in [-0.39, 0.29) is 13.1 Å². The average molecular weight is 369 g/mol. The molecule has 142 valence electrons. The molecule has 0 aliphatic heterocycles. The number of aliphatic carboxylic acids is 1. The summed E-state index contributed by atoms with van der Waals surface area (Å²) in [5.74, 6) is -1.97. The number of rotatable bonds is 9. The summed E-state index contributed by atoms with van der Waals surface area (Å²) in [4.78, 5) is 37.0. The largest absolute Gasteiger partial charge is 0.480 e. The number of carbonyl (C=O) groups excluding carboxylic acids is 2. The van der Waals surface area contributed by atoms with Crippen LogP contribution in [0.25, 0.3) is 0 Å². The van der Waals surface area contributed by atoms with E-state index in [9.17, 15) is 19.5 Å². The van der Waals surface area contributed by atoms with E-state index in [0.29, 0.717) is 0 Å². The Kier molecular flexibility index (Phi) is 7.51. The monoisotopic (exact) mass is 369 g/mol. The number of hydrogen-bond acceptors (Lipinski definition) is 4. The van der Waals surface area contributed by atoms with Crippen molar-refractivity contribution in [3.8, 4) is 0 Å².